The van der Waals surface area contributed by atoms with E-state index in [1.807, 2.05) is 0 Å². The molecule has 0 bridgehead atoms. The largest absolute Gasteiger partial charge is 0.490 e. The Morgan fingerprint density at radius 2 is 1.48 bits per heavy atom. The number of nitrogens with zero attached hydrogens (tertiary/aromatic N) is 1. The predicted octanol–water partition coefficient (Wildman–Crippen LogP) is 3.47. The van der Waals surface area contributed by atoms with Crippen LogP contribution >= 0.6 is 23.2 Å². The van der Waals surface area contributed by atoms with Gasteiger partial charge in [-0.1, -0.05) is 23.2 Å². The first-order chi connectivity index (χ1) is 13.0. The highest BCUT2D eigenvalue weighted by atomic mass is 35.5. The zero-order chi connectivity index (χ0) is 19.3. The summed E-state index contributed by atoms with van der Waals surface area (Å²) in [7, 11) is -3.50. The Labute approximate surface area is 168 Å². The average Bonchev–Trinajstić information content (AvgIpc) is 2.69. The van der Waals surface area contributed by atoms with E-state index < -0.39 is 10.0 Å². The van der Waals surface area contributed by atoms with E-state index in [0.717, 1.165) is 0 Å². The average molecular weight is 432 g/mol. The maximum absolute atomic E-state index is 12.6. The number of sulfonamides is 1. The van der Waals surface area contributed by atoms with E-state index in [0.29, 0.717) is 61.1 Å². The van der Waals surface area contributed by atoms with Crippen LogP contribution in [0.4, 0.5) is 0 Å². The summed E-state index contributed by atoms with van der Waals surface area (Å²) >= 11 is 11.8. The Kier molecular flexibility index (Phi) is 6.83. The summed E-state index contributed by atoms with van der Waals surface area (Å²) < 4.78 is 42.9. The summed E-state index contributed by atoms with van der Waals surface area (Å²) in [6.45, 7) is 2.18. The van der Waals surface area contributed by atoms with Gasteiger partial charge in [-0.05, 0) is 36.4 Å². The molecule has 27 heavy (non-hydrogen) atoms. The smallest absolute Gasteiger partial charge is 0.243 e. The van der Waals surface area contributed by atoms with Crippen molar-refractivity contribution in [2.75, 3.05) is 39.5 Å². The van der Waals surface area contributed by atoms with E-state index >= 15 is 0 Å². The monoisotopic (exact) mass is 431 g/mol. The first-order valence-corrected chi connectivity index (χ1v) is 10.5. The Morgan fingerprint density at radius 3 is 2.11 bits per heavy atom. The van der Waals surface area contributed by atoms with E-state index in [9.17, 15) is 8.42 Å². The lowest BCUT2D eigenvalue weighted by molar-refractivity contribution is 0.0730. The standard InChI is InChI=1S/C18H19Cl2NO5S/c19-17-6-3-15(13-18(17)20)26-12-11-25-14-1-4-16(5-2-14)27(22,23)21-7-9-24-10-8-21/h1-6,13H,7-12H2. The van der Waals surface area contributed by atoms with Crippen molar-refractivity contribution in [1.29, 1.82) is 0 Å². The molecule has 0 aromatic heterocycles. The van der Waals surface area contributed by atoms with Gasteiger partial charge in [0, 0.05) is 19.2 Å². The molecule has 0 aliphatic carbocycles. The highest BCUT2D eigenvalue weighted by Crippen LogP contribution is 2.26. The summed E-state index contributed by atoms with van der Waals surface area (Å²) in [5, 5.41) is 0.888. The van der Waals surface area contributed by atoms with Gasteiger partial charge in [0.05, 0.1) is 28.2 Å². The molecule has 6 nitrogen and oxygen atoms in total. The molecule has 1 saturated heterocycles. The molecule has 3 rings (SSSR count). The van der Waals surface area contributed by atoms with Crippen LogP contribution in [-0.4, -0.2) is 52.2 Å². The highest BCUT2D eigenvalue weighted by Gasteiger charge is 2.26. The van der Waals surface area contributed by atoms with Crippen LogP contribution in [0.1, 0.15) is 0 Å². The van der Waals surface area contributed by atoms with Crippen LogP contribution in [0.3, 0.4) is 0 Å². The Balaban J connectivity index is 1.51. The van der Waals surface area contributed by atoms with Crippen molar-refractivity contribution in [2.45, 2.75) is 4.90 Å². The minimum atomic E-state index is -3.50. The first kappa shape index (κ1) is 20.2. The van der Waals surface area contributed by atoms with Gasteiger partial charge >= 0.3 is 0 Å². The normalized spacial score (nSPS) is 15.5. The van der Waals surface area contributed by atoms with Crippen molar-refractivity contribution < 1.29 is 22.6 Å². The molecular formula is C18H19Cl2NO5S. The molecule has 146 valence electrons. The van der Waals surface area contributed by atoms with Gasteiger partial charge in [-0.3, -0.25) is 0 Å². The molecule has 2 aromatic rings. The van der Waals surface area contributed by atoms with E-state index in [2.05, 4.69) is 0 Å². The van der Waals surface area contributed by atoms with Gasteiger partial charge in [-0.15, -0.1) is 0 Å². The fourth-order valence-electron chi connectivity index (χ4n) is 2.53. The third-order valence-corrected chi connectivity index (χ3v) is 6.60. The van der Waals surface area contributed by atoms with Gasteiger partial charge in [0.15, 0.2) is 0 Å². The number of halogens is 2. The van der Waals surface area contributed by atoms with Crippen LogP contribution in [0.15, 0.2) is 47.4 Å². The van der Waals surface area contributed by atoms with Crippen molar-refractivity contribution in [3.8, 4) is 11.5 Å². The second kappa shape index (κ2) is 9.12. The lowest BCUT2D eigenvalue weighted by Gasteiger charge is -2.26. The van der Waals surface area contributed by atoms with Gasteiger partial charge in [-0.25, -0.2) is 8.42 Å². The predicted molar refractivity (Wildman–Crippen MR) is 103 cm³/mol. The van der Waals surface area contributed by atoms with Crippen molar-refractivity contribution >= 4 is 33.2 Å². The molecule has 1 heterocycles. The number of hydrogen-bond donors (Lipinski definition) is 0. The van der Waals surface area contributed by atoms with Gasteiger partial charge in [0.1, 0.15) is 24.7 Å². The second-order valence-corrected chi connectivity index (χ2v) is 8.51. The Hall–Kier alpha value is -1.51. The van der Waals surface area contributed by atoms with Gasteiger partial charge in [0.25, 0.3) is 0 Å². The molecule has 0 unspecified atom stereocenters. The summed E-state index contributed by atoms with van der Waals surface area (Å²) in [6.07, 6.45) is 0. The Morgan fingerprint density at radius 1 is 0.889 bits per heavy atom. The summed E-state index contributed by atoms with van der Waals surface area (Å²) in [6, 6.07) is 11.4. The van der Waals surface area contributed by atoms with Gasteiger partial charge in [-0.2, -0.15) is 4.31 Å². The topological polar surface area (TPSA) is 65.1 Å². The SMILES string of the molecule is O=S(=O)(c1ccc(OCCOc2ccc(Cl)c(Cl)c2)cc1)N1CCOCC1. The lowest BCUT2D eigenvalue weighted by atomic mass is 10.3. The minimum absolute atomic E-state index is 0.240. The quantitative estimate of drug-likeness (QED) is 0.627. The molecule has 0 atom stereocenters. The minimum Gasteiger partial charge on any atom is -0.490 e. The molecule has 1 aliphatic heterocycles. The molecule has 1 fully saturated rings. The van der Waals surface area contributed by atoms with E-state index in [1.165, 1.54) is 4.31 Å². The Bertz CT molecular complexity index is 868. The molecule has 0 radical (unpaired) electrons. The van der Waals surface area contributed by atoms with Crippen LogP contribution in [0.2, 0.25) is 10.0 Å². The molecule has 0 spiro atoms. The van der Waals surface area contributed by atoms with E-state index in [1.54, 1.807) is 42.5 Å². The summed E-state index contributed by atoms with van der Waals surface area (Å²) in [5.74, 6) is 1.16. The van der Waals surface area contributed by atoms with E-state index in [4.69, 9.17) is 37.4 Å². The highest BCUT2D eigenvalue weighted by molar-refractivity contribution is 7.89. The van der Waals surface area contributed by atoms with Gasteiger partial charge in [0.2, 0.25) is 10.0 Å². The molecule has 1 aliphatic rings. The zero-order valence-corrected chi connectivity index (χ0v) is 16.8. The molecular weight excluding hydrogens is 413 g/mol. The van der Waals surface area contributed by atoms with Crippen LogP contribution in [0.5, 0.6) is 11.5 Å². The summed E-state index contributed by atoms with van der Waals surface area (Å²) in [4.78, 5) is 0.240. The fourth-order valence-corrected chi connectivity index (χ4v) is 4.23. The number of morpholine rings is 1. The third-order valence-electron chi connectivity index (χ3n) is 3.94. The molecule has 0 saturated carbocycles. The van der Waals surface area contributed by atoms with Crippen molar-refractivity contribution in [3.05, 3.63) is 52.5 Å². The summed E-state index contributed by atoms with van der Waals surface area (Å²) in [5.41, 5.74) is 0. The number of hydrogen-bond acceptors (Lipinski definition) is 5. The van der Waals surface area contributed by atoms with E-state index in [-0.39, 0.29) is 4.90 Å². The molecule has 0 N–H and O–H groups in total. The lowest BCUT2D eigenvalue weighted by Crippen LogP contribution is -2.40. The van der Waals surface area contributed by atoms with Crippen molar-refractivity contribution in [3.63, 3.8) is 0 Å². The van der Waals surface area contributed by atoms with Crippen molar-refractivity contribution in [2.24, 2.45) is 0 Å². The third kappa shape index (κ3) is 5.27. The maximum atomic E-state index is 12.6. The first-order valence-electron chi connectivity index (χ1n) is 8.35. The maximum Gasteiger partial charge on any atom is 0.243 e. The molecule has 0 amide bonds. The van der Waals surface area contributed by atoms with Crippen LogP contribution < -0.4 is 9.47 Å². The number of rotatable bonds is 7. The van der Waals surface area contributed by atoms with Gasteiger partial charge < -0.3 is 14.2 Å². The van der Waals surface area contributed by atoms with Crippen LogP contribution in [0, 0.1) is 0 Å². The van der Waals surface area contributed by atoms with Crippen molar-refractivity contribution in [1.82, 2.24) is 4.31 Å². The fraction of sp³-hybridized carbons (Fsp3) is 0.333. The second-order valence-electron chi connectivity index (χ2n) is 5.76. The number of benzene rings is 2. The van der Waals surface area contributed by atoms with Crippen LogP contribution in [-0.2, 0) is 14.8 Å². The number of ether oxygens (including phenoxy) is 3. The van der Waals surface area contributed by atoms with Crippen LogP contribution in [0.25, 0.3) is 0 Å². The molecule has 9 heteroatoms. The molecule has 2 aromatic carbocycles. The zero-order valence-electron chi connectivity index (χ0n) is 14.4.